The Morgan fingerprint density at radius 2 is 2.55 bits per heavy atom. The summed E-state index contributed by atoms with van der Waals surface area (Å²) in [5.41, 5.74) is 0. The molecule has 0 aliphatic carbocycles. The fraction of sp³-hybridized carbons (Fsp3) is 0.429. The van der Waals surface area contributed by atoms with Crippen molar-refractivity contribution in [3.05, 3.63) is 21.3 Å². The summed E-state index contributed by atoms with van der Waals surface area (Å²) in [6.07, 6.45) is -0.544. The summed E-state index contributed by atoms with van der Waals surface area (Å²) >= 11 is 7.10. The van der Waals surface area contributed by atoms with Crippen molar-refractivity contribution in [1.82, 2.24) is 0 Å². The number of ether oxygens (including phenoxy) is 1. The third-order valence-electron chi connectivity index (χ3n) is 1.24. The molecule has 0 spiro atoms. The van der Waals surface area contributed by atoms with Crippen molar-refractivity contribution in [2.24, 2.45) is 0 Å². The predicted molar refractivity (Wildman–Crippen MR) is 46.2 cm³/mol. The maximum atomic E-state index is 9.36. The second kappa shape index (κ2) is 4.07. The topological polar surface area (TPSA) is 29.5 Å². The van der Waals surface area contributed by atoms with Gasteiger partial charge in [0, 0.05) is 17.4 Å². The number of halogens is 1. The average molecular weight is 193 g/mol. The maximum absolute atomic E-state index is 9.36. The van der Waals surface area contributed by atoms with Crippen molar-refractivity contribution in [3.8, 4) is 0 Å². The van der Waals surface area contributed by atoms with E-state index < -0.39 is 6.10 Å². The van der Waals surface area contributed by atoms with Gasteiger partial charge in [-0.25, -0.2) is 0 Å². The highest BCUT2D eigenvalue weighted by atomic mass is 35.5. The van der Waals surface area contributed by atoms with Crippen LogP contribution in [-0.4, -0.2) is 18.8 Å². The van der Waals surface area contributed by atoms with E-state index in [9.17, 15) is 5.11 Å². The van der Waals surface area contributed by atoms with Crippen molar-refractivity contribution in [2.75, 3.05) is 13.7 Å². The predicted octanol–water partition coefficient (Wildman–Crippen LogP) is 2.08. The van der Waals surface area contributed by atoms with Crippen LogP contribution in [-0.2, 0) is 4.74 Å². The lowest BCUT2D eigenvalue weighted by Gasteiger charge is -2.04. The first-order valence-corrected chi connectivity index (χ1v) is 4.40. The molecular weight excluding hydrogens is 184 g/mol. The Morgan fingerprint density at radius 3 is 3.00 bits per heavy atom. The molecule has 0 aliphatic heterocycles. The lowest BCUT2D eigenvalue weighted by atomic mass is 10.3. The SMILES string of the molecule is COCC(O)c1cc(Cl)cs1. The third-order valence-corrected chi connectivity index (χ3v) is 2.62. The van der Waals surface area contributed by atoms with Gasteiger partial charge in [-0.05, 0) is 6.07 Å². The Hall–Kier alpha value is -0.0900. The van der Waals surface area contributed by atoms with Gasteiger partial charge in [0.15, 0.2) is 0 Å². The highest BCUT2D eigenvalue weighted by molar-refractivity contribution is 7.10. The second-order valence-corrected chi connectivity index (χ2v) is 3.52. The number of hydrogen-bond donors (Lipinski definition) is 1. The van der Waals surface area contributed by atoms with Gasteiger partial charge in [-0.3, -0.25) is 0 Å². The van der Waals surface area contributed by atoms with Crippen molar-refractivity contribution < 1.29 is 9.84 Å². The minimum Gasteiger partial charge on any atom is -0.385 e. The van der Waals surface area contributed by atoms with E-state index in [4.69, 9.17) is 16.3 Å². The first-order valence-electron chi connectivity index (χ1n) is 3.15. The number of aliphatic hydroxyl groups is 1. The lowest BCUT2D eigenvalue weighted by Crippen LogP contribution is -2.02. The molecule has 0 amide bonds. The summed E-state index contributed by atoms with van der Waals surface area (Å²) in [5.74, 6) is 0. The smallest absolute Gasteiger partial charge is 0.111 e. The summed E-state index contributed by atoms with van der Waals surface area (Å²) in [5, 5.41) is 11.8. The zero-order chi connectivity index (χ0) is 8.27. The van der Waals surface area contributed by atoms with E-state index in [0.717, 1.165) is 4.88 Å². The molecule has 0 radical (unpaired) electrons. The quantitative estimate of drug-likeness (QED) is 0.795. The largest absolute Gasteiger partial charge is 0.385 e. The summed E-state index contributed by atoms with van der Waals surface area (Å²) in [6, 6.07) is 1.75. The Balaban J connectivity index is 2.60. The molecule has 0 aliphatic rings. The van der Waals surface area contributed by atoms with Gasteiger partial charge < -0.3 is 9.84 Å². The van der Waals surface area contributed by atoms with Crippen molar-refractivity contribution in [1.29, 1.82) is 0 Å². The minimum absolute atomic E-state index is 0.316. The molecule has 1 aromatic heterocycles. The zero-order valence-corrected chi connectivity index (χ0v) is 7.65. The van der Waals surface area contributed by atoms with Gasteiger partial charge in [0.1, 0.15) is 6.10 Å². The number of thiophene rings is 1. The first-order chi connectivity index (χ1) is 5.24. The molecule has 0 fully saturated rings. The first kappa shape index (κ1) is 9.00. The van der Waals surface area contributed by atoms with E-state index in [-0.39, 0.29) is 0 Å². The van der Waals surface area contributed by atoms with Gasteiger partial charge in [0.2, 0.25) is 0 Å². The molecule has 1 aromatic rings. The summed E-state index contributed by atoms with van der Waals surface area (Å²) in [7, 11) is 1.55. The van der Waals surface area contributed by atoms with Gasteiger partial charge in [-0.1, -0.05) is 11.6 Å². The van der Waals surface area contributed by atoms with Crippen LogP contribution in [0.3, 0.4) is 0 Å². The van der Waals surface area contributed by atoms with E-state index in [1.807, 2.05) is 0 Å². The van der Waals surface area contributed by atoms with Crippen molar-refractivity contribution in [3.63, 3.8) is 0 Å². The van der Waals surface area contributed by atoms with Crippen LogP contribution in [0.1, 0.15) is 11.0 Å². The van der Waals surface area contributed by atoms with E-state index in [0.29, 0.717) is 11.6 Å². The summed E-state index contributed by atoms with van der Waals surface area (Å²) in [4.78, 5) is 0.844. The standard InChI is InChI=1S/C7H9ClO2S/c1-10-3-6(9)7-2-5(8)4-11-7/h2,4,6,9H,3H2,1H3. The van der Waals surface area contributed by atoms with E-state index in [2.05, 4.69) is 0 Å². The fourth-order valence-corrected chi connectivity index (χ4v) is 1.80. The molecule has 1 unspecified atom stereocenters. The van der Waals surface area contributed by atoms with Crippen LogP contribution in [0.25, 0.3) is 0 Å². The van der Waals surface area contributed by atoms with Gasteiger partial charge in [0.05, 0.1) is 11.6 Å². The zero-order valence-electron chi connectivity index (χ0n) is 6.08. The minimum atomic E-state index is -0.544. The molecule has 1 rings (SSSR count). The Bertz CT molecular complexity index is 224. The highest BCUT2D eigenvalue weighted by Gasteiger charge is 2.08. The molecular formula is C7H9ClO2S. The average Bonchev–Trinajstić information content (AvgIpc) is 2.36. The van der Waals surface area contributed by atoms with Crippen LogP contribution in [0.15, 0.2) is 11.4 Å². The molecule has 0 saturated carbocycles. The van der Waals surface area contributed by atoms with Gasteiger partial charge in [-0.15, -0.1) is 11.3 Å². The molecule has 1 N–H and O–H groups in total. The van der Waals surface area contributed by atoms with E-state index in [1.54, 1.807) is 18.6 Å². The van der Waals surface area contributed by atoms with Crippen LogP contribution in [0.4, 0.5) is 0 Å². The highest BCUT2D eigenvalue weighted by Crippen LogP contribution is 2.24. The number of rotatable bonds is 3. The lowest BCUT2D eigenvalue weighted by molar-refractivity contribution is 0.0666. The molecule has 1 heterocycles. The van der Waals surface area contributed by atoms with Crippen LogP contribution >= 0.6 is 22.9 Å². The van der Waals surface area contributed by atoms with Crippen molar-refractivity contribution in [2.45, 2.75) is 6.10 Å². The number of methoxy groups -OCH3 is 1. The second-order valence-electron chi connectivity index (χ2n) is 2.14. The van der Waals surface area contributed by atoms with Crippen LogP contribution in [0.5, 0.6) is 0 Å². The Morgan fingerprint density at radius 1 is 1.82 bits per heavy atom. The van der Waals surface area contributed by atoms with Gasteiger partial charge in [-0.2, -0.15) is 0 Å². The van der Waals surface area contributed by atoms with E-state index in [1.165, 1.54) is 11.3 Å². The van der Waals surface area contributed by atoms with Crippen LogP contribution < -0.4 is 0 Å². The molecule has 1 atom stereocenters. The normalized spacial score (nSPS) is 13.4. The Labute approximate surface area is 74.4 Å². The maximum Gasteiger partial charge on any atom is 0.111 e. The van der Waals surface area contributed by atoms with Crippen LogP contribution in [0.2, 0.25) is 5.02 Å². The monoisotopic (exact) mass is 192 g/mol. The molecule has 0 bridgehead atoms. The number of hydrogen-bond acceptors (Lipinski definition) is 3. The Kier molecular flexibility index (Phi) is 3.33. The van der Waals surface area contributed by atoms with E-state index >= 15 is 0 Å². The van der Waals surface area contributed by atoms with Crippen molar-refractivity contribution >= 4 is 22.9 Å². The number of aliphatic hydroxyl groups excluding tert-OH is 1. The molecule has 0 saturated heterocycles. The molecule has 2 nitrogen and oxygen atoms in total. The van der Waals surface area contributed by atoms with Crippen LogP contribution in [0, 0.1) is 0 Å². The summed E-state index contributed by atoms with van der Waals surface area (Å²) in [6.45, 7) is 0.316. The summed E-state index contributed by atoms with van der Waals surface area (Å²) < 4.78 is 4.78. The van der Waals surface area contributed by atoms with Gasteiger partial charge >= 0.3 is 0 Å². The molecule has 11 heavy (non-hydrogen) atoms. The molecule has 62 valence electrons. The van der Waals surface area contributed by atoms with Gasteiger partial charge in [0.25, 0.3) is 0 Å². The third kappa shape index (κ3) is 2.45. The molecule has 0 aromatic carbocycles. The fourth-order valence-electron chi connectivity index (χ4n) is 0.743. The molecule has 4 heteroatoms.